The summed E-state index contributed by atoms with van der Waals surface area (Å²) in [7, 11) is 0. The molecule has 0 saturated carbocycles. The van der Waals surface area contributed by atoms with E-state index in [0.29, 0.717) is 12.0 Å². The fraction of sp³-hybridized carbons (Fsp3) is 0.556. The van der Waals surface area contributed by atoms with Crippen molar-refractivity contribution in [1.82, 2.24) is 0 Å². The third-order valence-electron chi connectivity index (χ3n) is 1.57. The predicted molar refractivity (Wildman–Crippen MR) is 47.0 cm³/mol. The Kier molecular flexibility index (Phi) is 4.80. The van der Waals surface area contributed by atoms with Crippen molar-refractivity contribution in [3.8, 4) is 0 Å². The van der Waals surface area contributed by atoms with E-state index >= 15 is 0 Å². The Hall–Kier alpha value is -1.32. The van der Waals surface area contributed by atoms with Gasteiger partial charge in [-0.25, -0.2) is 4.79 Å². The first-order valence-electron chi connectivity index (χ1n) is 3.94. The van der Waals surface area contributed by atoms with Gasteiger partial charge in [-0.1, -0.05) is 6.58 Å². The molecule has 0 aliphatic rings. The monoisotopic (exact) mass is 186 g/mol. The largest absolute Gasteiger partial charge is 0.461 e. The summed E-state index contributed by atoms with van der Waals surface area (Å²) in [6.45, 7) is 8.60. The van der Waals surface area contributed by atoms with Crippen LogP contribution >= 0.6 is 0 Å². The van der Waals surface area contributed by atoms with Gasteiger partial charge in [0, 0.05) is 5.57 Å². The van der Waals surface area contributed by atoms with Crippen molar-refractivity contribution in [3.63, 3.8) is 0 Å². The molecular formula is C9H14O4. The number of esters is 1. The van der Waals surface area contributed by atoms with E-state index in [1.54, 1.807) is 20.8 Å². The highest BCUT2D eigenvalue weighted by Crippen LogP contribution is 2.04. The fourth-order valence-corrected chi connectivity index (χ4v) is 0.564. The molecular weight excluding hydrogens is 172 g/mol. The number of carbonyl (C=O) groups excluding carboxylic acids is 2. The Balaban J connectivity index is 3.98. The summed E-state index contributed by atoms with van der Waals surface area (Å²) in [6, 6.07) is 0. The predicted octanol–water partition coefficient (Wildman–Crippen LogP) is 1.06. The summed E-state index contributed by atoms with van der Waals surface area (Å²) in [4.78, 5) is 21.0. The second kappa shape index (κ2) is 5.35. The maximum absolute atomic E-state index is 11.0. The topological polar surface area (TPSA) is 52.6 Å². The van der Waals surface area contributed by atoms with Crippen LogP contribution in [0.2, 0.25) is 0 Å². The van der Waals surface area contributed by atoms with Gasteiger partial charge in [-0.15, -0.1) is 0 Å². The molecule has 0 bridgehead atoms. The molecule has 0 aromatic carbocycles. The zero-order valence-electron chi connectivity index (χ0n) is 8.07. The van der Waals surface area contributed by atoms with E-state index in [2.05, 4.69) is 11.3 Å². The lowest BCUT2D eigenvalue weighted by molar-refractivity contribution is -0.155. The van der Waals surface area contributed by atoms with E-state index in [1.165, 1.54) is 0 Å². The van der Waals surface area contributed by atoms with Crippen LogP contribution in [-0.2, 0) is 19.1 Å². The lowest BCUT2D eigenvalue weighted by Crippen LogP contribution is -2.28. The van der Waals surface area contributed by atoms with E-state index in [4.69, 9.17) is 4.74 Å². The molecule has 2 atom stereocenters. The molecule has 0 spiro atoms. The van der Waals surface area contributed by atoms with Crippen molar-refractivity contribution >= 4 is 12.4 Å². The summed E-state index contributed by atoms with van der Waals surface area (Å²) < 4.78 is 9.50. The molecule has 0 radical (unpaired) electrons. The molecule has 0 aliphatic carbocycles. The lowest BCUT2D eigenvalue weighted by atomic mass is 10.2. The summed E-state index contributed by atoms with van der Waals surface area (Å²) in [5.41, 5.74) is 0.324. The number of ether oxygens (including phenoxy) is 2. The van der Waals surface area contributed by atoms with Crippen LogP contribution in [0.1, 0.15) is 20.8 Å². The Labute approximate surface area is 77.5 Å². The van der Waals surface area contributed by atoms with Crippen molar-refractivity contribution in [1.29, 1.82) is 0 Å². The Morgan fingerprint density at radius 1 is 1.38 bits per heavy atom. The standard InChI is InChI=1S/C9H14O4/c1-6(2)9(11)13-8(4)7(3)12-5-10/h5,7-8H,1H2,2-4H3. The Morgan fingerprint density at radius 3 is 2.31 bits per heavy atom. The second-order valence-electron chi connectivity index (χ2n) is 2.83. The molecule has 13 heavy (non-hydrogen) atoms. The number of rotatable bonds is 5. The number of carbonyl (C=O) groups is 2. The molecule has 74 valence electrons. The van der Waals surface area contributed by atoms with Gasteiger partial charge in [-0.3, -0.25) is 4.79 Å². The zero-order valence-corrected chi connectivity index (χ0v) is 8.07. The first-order valence-corrected chi connectivity index (χ1v) is 3.94. The molecule has 4 nitrogen and oxygen atoms in total. The van der Waals surface area contributed by atoms with Gasteiger partial charge in [0.05, 0.1) is 0 Å². The fourth-order valence-electron chi connectivity index (χ4n) is 0.564. The van der Waals surface area contributed by atoms with Gasteiger partial charge in [-0.05, 0) is 20.8 Å². The molecule has 0 aromatic rings. The van der Waals surface area contributed by atoms with Gasteiger partial charge >= 0.3 is 5.97 Å². The highest BCUT2D eigenvalue weighted by atomic mass is 16.6. The van der Waals surface area contributed by atoms with Crippen LogP contribution in [0.5, 0.6) is 0 Å². The molecule has 0 rings (SSSR count). The van der Waals surface area contributed by atoms with Gasteiger partial charge in [-0.2, -0.15) is 0 Å². The van der Waals surface area contributed by atoms with Crippen molar-refractivity contribution in [2.24, 2.45) is 0 Å². The molecule has 0 saturated heterocycles. The van der Waals surface area contributed by atoms with Crippen molar-refractivity contribution in [2.75, 3.05) is 0 Å². The first-order chi connectivity index (χ1) is 5.99. The number of hydrogen-bond acceptors (Lipinski definition) is 4. The van der Waals surface area contributed by atoms with E-state index in [-0.39, 0.29) is 0 Å². The average Bonchev–Trinajstić information content (AvgIpc) is 2.04. The quantitative estimate of drug-likeness (QED) is 0.366. The van der Waals surface area contributed by atoms with Gasteiger partial charge in [0.2, 0.25) is 0 Å². The molecule has 0 amide bonds. The van der Waals surface area contributed by atoms with Crippen molar-refractivity contribution in [2.45, 2.75) is 33.0 Å². The van der Waals surface area contributed by atoms with Gasteiger partial charge in [0.15, 0.2) is 0 Å². The molecule has 4 heteroatoms. The van der Waals surface area contributed by atoms with Crippen LogP contribution in [-0.4, -0.2) is 24.6 Å². The Bertz CT molecular complexity index is 210. The highest BCUT2D eigenvalue weighted by Gasteiger charge is 2.17. The number of hydrogen-bond donors (Lipinski definition) is 0. The van der Waals surface area contributed by atoms with E-state index in [1.807, 2.05) is 0 Å². The van der Waals surface area contributed by atoms with Crippen LogP contribution in [0.4, 0.5) is 0 Å². The smallest absolute Gasteiger partial charge is 0.333 e. The minimum Gasteiger partial charge on any atom is -0.461 e. The molecule has 2 unspecified atom stereocenters. The minimum atomic E-state index is -0.478. The molecule has 0 N–H and O–H groups in total. The summed E-state index contributed by atoms with van der Waals surface area (Å²) >= 11 is 0. The van der Waals surface area contributed by atoms with E-state index in [0.717, 1.165) is 0 Å². The van der Waals surface area contributed by atoms with Crippen molar-refractivity contribution < 1.29 is 19.1 Å². The highest BCUT2D eigenvalue weighted by molar-refractivity contribution is 5.87. The third-order valence-corrected chi connectivity index (χ3v) is 1.57. The second-order valence-corrected chi connectivity index (χ2v) is 2.83. The van der Waals surface area contributed by atoms with Crippen LogP contribution in [0.3, 0.4) is 0 Å². The van der Waals surface area contributed by atoms with Crippen LogP contribution in [0, 0.1) is 0 Å². The third kappa shape index (κ3) is 4.30. The molecule has 0 aliphatic heterocycles. The zero-order chi connectivity index (χ0) is 10.4. The lowest BCUT2D eigenvalue weighted by Gasteiger charge is -2.18. The van der Waals surface area contributed by atoms with Gasteiger partial charge < -0.3 is 9.47 Å². The maximum atomic E-state index is 11.0. The SMILES string of the molecule is C=C(C)C(=O)OC(C)C(C)OC=O. The maximum Gasteiger partial charge on any atom is 0.333 e. The van der Waals surface area contributed by atoms with E-state index < -0.39 is 18.2 Å². The van der Waals surface area contributed by atoms with Crippen LogP contribution in [0.25, 0.3) is 0 Å². The molecule has 0 fully saturated rings. The summed E-state index contributed by atoms with van der Waals surface area (Å²) in [5, 5.41) is 0. The molecule has 0 aromatic heterocycles. The average molecular weight is 186 g/mol. The first kappa shape index (κ1) is 11.7. The Morgan fingerprint density at radius 2 is 1.92 bits per heavy atom. The molecule has 0 heterocycles. The normalized spacial score (nSPS) is 14.1. The van der Waals surface area contributed by atoms with Crippen LogP contribution in [0.15, 0.2) is 12.2 Å². The van der Waals surface area contributed by atoms with Crippen LogP contribution < -0.4 is 0 Å². The van der Waals surface area contributed by atoms with E-state index in [9.17, 15) is 9.59 Å². The van der Waals surface area contributed by atoms with Gasteiger partial charge in [0.25, 0.3) is 6.47 Å². The van der Waals surface area contributed by atoms with Crippen molar-refractivity contribution in [3.05, 3.63) is 12.2 Å². The summed E-state index contributed by atoms with van der Waals surface area (Å²) in [5.74, 6) is -0.478. The van der Waals surface area contributed by atoms with Gasteiger partial charge in [0.1, 0.15) is 12.2 Å². The minimum absolute atomic E-state index is 0.324. The summed E-state index contributed by atoms with van der Waals surface area (Å²) in [6.07, 6.45) is -0.907.